The number of rotatable bonds is 3. The van der Waals surface area contributed by atoms with Gasteiger partial charge in [0.15, 0.2) is 0 Å². The molecule has 0 N–H and O–H groups in total. The van der Waals surface area contributed by atoms with Crippen LogP contribution >= 0.6 is 0 Å². The fraction of sp³-hybridized carbons (Fsp3) is 0.667. The molecule has 3 rings (SSSR count). The third-order valence-electron chi connectivity index (χ3n) is 5.57. The van der Waals surface area contributed by atoms with Crippen LogP contribution in [-0.4, -0.2) is 63.6 Å². The molecule has 0 unspecified atom stereocenters. The van der Waals surface area contributed by atoms with Crippen molar-refractivity contribution in [2.24, 2.45) is 0 Å². The summed E-state index contributed by atoms with van der Waals surface area (Å²) in [5, 5.41) is 0. The molecule has 2 fully saturated rings. The summed E-state index contributed by atoms with van der Waals surface area (Å²) in [5.41, 5.74) is 1.48. The van der Waals surface area contributed by atoms with Gasteiger partial charge < -0.3 is 23.8 Å². The average Bonchev–Trinajstić information content (AvgIpc) is 2.76. The van der Waals surface area contributed by atoms with E-state index in [1.807, 2.05) is 0 Å². The van der Waals surface area contributed by atoms with Gasteiger partial charge in [0.2, 0.25) is 0 Å². The first-order chi connectivity index (χ1) is 11.2. The van der Waals surface area contributed by atoms with E-state index in [1.165, 1.54) is 0 Å². The van der Waals surface area contributed by atoms with Crippen LogP contribution in [0.1, 0.15) is 27.7 Å². The predicted octanol–water partition coefficient (Wildman–Crippen LogP) is 1.75. The molecular weight excluding hydrogens is 303 g/mol. The molecule has 2 aliphatic rings. The van der Waals surface area contributed by atoms with Crippen LogP contribution in [0.2, 0.25) is 0 Å². The van der Waals surface area contributed by atoms with E-state index in [0.717, 1.165) is 43.1 Å². The Hall–Kier alpha value is -1.24. The fourth-order valence-electron chi connectivity index (χ4n) is 3.13. The highest BCUT2D eigenvalue weighted by molar-refractivity contribution is 6.62. The number of piperazine rings is 1. The molecule has 0 amide bonds. The minimum Gasteiger partial charge on any atom is -0.495 e. The van der Waals surface area contributed by atoms with Crippen LogP contribution < -0.4 is 15.1 Å². The lowest BCUT2D eigenvalue weighted by molar-refractivity contribution is 0.00578. The molecule has 0 bridgehead atoms. The van der Waals surface area contributed by atoms with Gasteiger partial charge in [0.1, 0.15) is 5.75 Å². The van der Waals surface area contributed by atoms with E-state index >= 15 is 0 Å². The molecule has 0 spiro atoms. The van der Waals surface area contributed by atoms with Crippen molar-refractivity contribution >= 4 is 18.3 Å². The zero-order chi connectivity index (χ0) is 17.5. The van der Waals surface area contributed by atoms with Gasteiger partial charge in [-0.1, -0.05) is 6.07 Å². The van der Waals surface area contributed by atoms with Crippen molar-refractivity contribution in [2.45, 2.75) is 38.9 Å². The minimum absolute atomic E-state index is 0.332. The molecule has 2 aliphatic heterocycles. The molecule has 1 aromatic rings. The number of hydrogen-bond acceptors (Lipinski definition) is 5. The lowest BCUT2D eigenvalue weighted by atomic mass is 9.79. The molecule has 0 radical (unpaired) electrons. The second-order valence-electron chi connectivity index (χ2n) is 7.81. The van der Waals surface area contributed by atoms with Crippen LogP contribution in [-0.2, 0) is 9.31 Å². The molecule has 2 heterocycles. The number of nitrogens with zero attached hydrogens (tertiary/aromatic N) is 2. The molecule has 0 atom stereocenters. The minimum atomic E-state index is -0.356. The topological polar surface area (TPSA) is 34.2 Å². The highest BCUT2D eigenvalue weighted by atomic mass is 16.7. The maximum Gasteiger partial charge on any atom is 0.494 e. The molecule has 0 saturated carbocycles. The smallest absolute Gasteiger partial charge is 0.494 e. The Bertz CT molecular complexity index is 582. The van der Waals surface area contributed by atoms with E-state index in [2.05, 4.69) is 62.7 Å². The normalized spacial score (nSPS) is 23.6. The first-order valence-electron chi connectivity index (χ1n) is 8.70. The first kappa shape index (κ1) is 17.6. The number of likely N-dealkylation sites (N-methyl/N-ethyl adjacent to an activating group) is 1. The highest BCUT2D eigenvalue weighted by Gasteiger charge is 2.51. The third kappa shape index (κ3) is 3.15. The third-order valence-corrected chi connectivity index (χ3v) is 5.57. The van der Waals surface area contributed by atoms with Gasteiger partial charge in [-0.25, -0.2) is 0 Å². The average molecular weight is 332 g/mol. The first-order valence-corrected chi connectivity index (χ1v) is 8.70. The van der Waals surface area contributed by atoms with E-state index in [4.69, 9.17) is 14.0 Å². The van der Waals surface area contributed by atoms with Crippen LogP contribution in [0.5, 0.6) is 5.75 Å². The maximum atomic E-state index is 6.15. The Kier molecular flexibility index (Phi) is 4.58. The van der Waals surface area contributed by atoms with E-state index < -0.39 is 0 Å². The van der Waals surface area contributed by atoms with Crippen molar-refractivity contribution in [3.63, 3.8) is 0 Å². The van der Waals surface area contributed by atoms with Crippen molar-refractivity contribution in [1.29, 1.82) is 0 Å². The van der Waals surface area contributed by atoms with E-state index in [-0.39, 0.29) is 18.3 Å². The lowest BCUT2D eigenvalue weighted by Crippen LogP contribution is -2.44. The largest absolute Gasteiger partial charge is 0.495 e. The Labute approximate surface area is 146 Å². The second-order valence-corrected chi connectivity index (χ2v) is 7.81. The lowest BCUT2D eigenvalue weighted by Gasteiger charge is -2.34. The monoisotopic (exact) mass is 332 g/mol. The van der Waals surface area contributed by atoms with E-state index in [9.17, 15) is 0 Å². The summed E-state index contributed by atoms with van der Waals surface area (Å²) in [7, 11) is 3.53. The summed E-state index contributed by atoms with van der Waals surface area (Å²) in [6, 6.07) is 6.28. The van der Waals surface area contributed by atoms with E-state index in [0.29, 0.717) is 0 Å². The summed E-state index contributed by atoms with van der Waals surface area (Å²) in [4.78, 5) is 4.73. The van der Waals surface area contributed by atoms with Crippen molar-refractivity contribution in [3.8, 4) is 5.75 Å². The molecule has 5 nitrogen and oxygen atoms in total. The predicted molar refractivity (Wildman–Crippen MR) is 98.4 cm³/mol. The summed E-state index contributed by atoms with van der Waals surface area (Å²) >= 11 is 0. The van der Waals surface area contributed by atoms with Gasteiger partial charge in [-0.2, -0.15) is 0 Å². The molecule has 24 heavy (non-hydrogen) atoms. The van der Waals surface area contributed by atoms with Crippen molar-refractivity contribution in [3.05, 3.63) is 18.2 Å². The molecule has 0 aliphatic carbocycles. The molecular formula is C18H29BN2O3. The van der Waals surface area contributed by atoms with Gasteiger partial charge in [-0.05, 0) is 52.3 Å². The van der Waals surface area contributed by atoms with Gasteiger partial charge in [-0.15, -0.1) is 0 Å². The number of ether oxygens (including phenoxy) is 1. The van der Waals surface area contributed by atoms with Crippen LogP contribution in [0.4, 0.5) is 5.69 Å². The SMILES string of the molecule is COc1cc(B2OC(C)(C)C(C)(C)O2)ccc1N1CCN(C)CC1. The molecule has 6 heteroatoms. The standard InChI is InChI=1S/C18H29BN2O3/c1-17(2)18(3,4)24-19(23-17)14-7-8-15(16(13-14)22-6)21-11-9-20(5)10-12-21/h7-8,13H,9-12H2,1-6H3. The van der Waals surface area contributed by atoms with Gasteiger partial charge in [0.05, 0.1) is 24.0 Å². The van der Waals surface area contributed by atoms with Crippen LogP contribution in [0.25, 0.3) is 0 Å². The quantitative estimate of drug-likeness (QED) is 0.788. The summed E-state index contributed by atoms with van der Waals surface area (Å²) < 4.78 is 18.0. The number of anilines is 1. The summed E-state index contributed by atoms with van der Waals surface area (Å²) in [6.45, 7) is 12.5. The number of benzene rings is 1. The van der Waals surface area contributed by atoms with Gasteiger partial charge in [0, 0.05) is 26.2 Å². The van der Waals surface area contributed by atoms with Gasteiger partial charge in [-0.3, -0.25) is 0 Å². The van der Waals surface area contributed by atoms with Crippen molar-refractivity contribution in [1.82, 2.24) is 4.90 Å². The summed E-state index contributed by atoms with van der Waals surface area (Å²) in [5.74, 6) is 0.881. The number of hydrogen-bond donors (Lipinski definition) is 0. The van der Waals surface area contributed by atoms with Crippen LogP contribution in [0.15, 0.2) is 18.2 Å². The fourth-order valence-corrected chi connectivity index (χ4v) is 3.13. The Morgan fingerprint density at radius 3 is 2.12 bits per heavy atom. The van der Waals surface area contributed by atoms with Crippen molar-refractivity contribution in [2.75, 3.05) is 45.2 Å². The molecule has 0 aromatic heterocycles. The van der Waals surface area contributed by atoms with Crippen LogP contribution in [0.3, 0.4) is 0 Å². The molecule has 2 saturated heterocycles. The zero-order valence-corrected chi connectivity index (χ0v) is 15.8. The van der Waals surface area contributed by atoms with E-state index in [1.54, 1.807) is 7.11 Å². The summed E-state index contributed by atoms with van der Waals surface area (Å²) in [6.07, 6.45) is 0. The second kappa shape index (κ2) is 6.25. The van der Waals surface area contributed by atoms with Gasteiger partial charge >= 0.3 is 7.12 Å². The maximum absolute atomic E-state index is 6.15. The van der Waals surface area contributed by atoms with Crippen LogP contribution in [0, 0.1) is 0 Å². The van der Waals surface area contributed by atoms with Crippen molar-refractivity contribution < 1.29 is 14.0 Å². The molecule has 1 aromatic carbocycles. The highest BCUT2D eigenvalue weighted by Crippen LogP contribution is 2.37. The Morgan fingerprint density at radius 2 is 1.58 bits per heavy atom. The number of methoxy groups -OCH3 is 1. The molecule has 132 valence electrons. The zero-order valence-electron chi connectivity index (χ0n) is 15.8. The Balaban J connectivity index is 1.82. The Morgan fingerprint density at radius 1 is 1.00 bits per heavy atom. The van der Waals surface area contributed by atoms with Gasteiger partial charge in [0.25, 0.3) is 0 Å².